The first-order valence-electron chi connectivity index (χ1n) is 7.85. The number of nitro groups is 1. The largest absolute Gasteiger partial charge is 0.368 e. The molecule has 2 rings (SSSR count). The van der Waals surface area contributed by atoms with Crippen molar-refractivity contribution in [2.45, 2.75) is 26.7 Å². The number of hydrogen-bond donors (Lipinski definition) is 0. The standard InChI is InChI=1S/C16H23N3O3/c1-3-13(4-2)16(20)18-11-9-17(10-12-18)14-5-7-15(8-6-14)19(21)22/h5-8,13H,3-4,9-12H2,1-2H3. The second-order valence-electron chi connectivity index (χ2n) is 5.60. The number of carbonyl (C=O) groups excluding carboxylic acids is 1. The topological polar surface area (TPSA) is 66.7 Å². The van der Waals surface area contributed by atoms with Crippen LogP contribution in [0, 0.1) is 16.0 Å². The van der Waals surface area contributed by atoms with E-state index in [0.717, 1.165) is 31.6 Å². The molecule has 6 heteroatoms. The fourth-order valence-electron chi connectivity index (χ4n) is 2.87. The molecule has 1 aromatic carbocycles. The minimum atomic E-state index is -0.393. The number of non-ortho nitro benzene ring substituents is 1. The summed E-state index contributed by atoms with van der Waals surface area (Å²) < 4.78 is 0. The number of hydrogen-bond acceptors (Lipinski definition) is 4. The van der Waals surface area contributed by atoms with E-state index in [0.29, 0.717) is 13.1 Å². The predicted molar refractivity (Wildman–Crippen MR) is 86.0 cm³/mol. The van der Waals surface area contributed by atoms with Gasteiger partial charge in [0.2, 0.25) is 5.91 Å². The highest BCUT2D eigenvalue weighted by molar-refractivity contribution is 5.79. The Labute approximate surface area is 130 Å². The number of benzene rings is 1. The van der Waals surface area contributed by atoms with E-state index >= 15 is 0 Å². The molecule has 1 saturated heterocycles. The van der Waals surface area contributed by atoms with Crippen molar-refractivity contribution in [1.29, 1.82) is 0 Å². The molecule has 1 fully saturated rings. The summed E-state index contributed by atoms with van der Waals surface area (Å²) in [6, 6.07) is 6.60. The molecule has 1 amide bonds. The van der Waals surface area contributed by atoms with E-state index in [1.54, 1.807) is 12.1 Å². The second kappa shape index (κ2) is 7.24. The number of amides is 1. The predicted octanol–water partition coefficient (Wildman–Crippen LogP) is 2.68. The summed E-state index contributed by atoms with van der Waals surface area (Å²) in [5.74, 6) is 0.388. The Hall–Kier alpha value is -2.11. The van der Waals surface area contributed by atoms with Crippen LogP contribution in [-0.4, -0.2) is 41.9 Å². The Morgan fingerprint density at radius 2 is 1.68 bits per heavy atom. The summed E-state index contributed by atoms with van der Waals surface area (Å²) in [7, 11) is 0. The number of rotatable bonds is 5. The summed E-state index contributed by atoms with van der Waals surface area (Å²) in [6.07, 6.45) is 1.77. The lowest BCUT2D eigenvalue weighted by atomic mass is 10.0. The van der Waals surface area contributed by atoms with Gasteiger partial charge in [0.05, 0.1) is 4.92 Å². The molecule has 0 unspecified atom stereocenters. The van der Waals surface area contributed by atoms with Gasteiger partial charge in [0.25, 0.3) is 5.69 Å². The zero-order valence-corrected chi connectivity index (χ0v) is 13.2. The molecule has 22 heavy (non-hydrogen) atoms. The lowest BCUT2D eigenvalue weighted by Gasteiger charge is -2.37. The van der Waals surface area contributed by atoms with Crippen LogP contribution in [0.2, 0.25) is 0 Å². The normalized spacial score (nSPS) is 15.2. The Bertz CT molecular complexity index is 518. The number of carbonyl (C=O) groups is 1. The number of anilines is 1. The molecular formula is C16H23N3O3. The third-order valence-corrected chi connectivity index (χ3v) is 4.35. The molecule has 0 aromatic heterocycles. The van der Waals surface area contributed by atoms with Gasteiger partial charge in [-0.05, 0) is 25.0 Å². The van der Waals surface area contributed by atoms with Crippen LogP contribution in [0.15, 0.2) is 24.3 Å². The SMILES string of the molecule is CCC(CC)C(=O)N1CCN(c2ccc([N+](=O)[O-])cc2)CC1. The summed E-state index contributed by atoms with van der Waals surface area (Å²) in [6.45, 7) is 7.07. The third kappa shape index (κ3) is 3.55. The molecule has 0 spiro atoms. The molecule has 1 heterocycles. The number of nitro benzene ring substituents is 1. The molecule has 120 valence electrons. The van der Waals surface area contributed by atoms with Crippen molar-refractivity contribution < 1.29 is 9.72 Å². The summed E-state index contributed by atoms with van der Waals surface area (Å²) in [4.78, 5) is 26.7. The molecule has 1 aliphatic heterocycles. The van der Waals surface area contributed by atoms with Crippen LogP contribution in [0.25, 0.3) is 0 Å². The molecule has 0 bridgehead atoms. The molecule has 6 nitrogen and oxygen atoms in total. The van der Waals surface area contributed by atoms with Gasteiger partial charge in [-0.25, -0.2) is 0 Å². The maximum atomic E-state index is 12.4. The van der Waals surface area contributed by atoms with Crippen LogP contribution in [0.1, 0.15) is 26.7 Å². The van der Waals surface area contributed by atoms with E-state index in [4.69, 9.17) is 0 Å². The smallest absolute Gasteiger partial charge is 0.269 e. The fraction of sp³-hybridized carbons (Fsp3) is 0.562. The van der Waals surface area contributed by atoms with Crippen molar-refractivity contribution in [2.24, 2.45) is 5.92 Å². The van der Waals surface area contributed by atoms with Crippen LogP contribution in [0.4, 0.5) is 11.4 Å². The molecule has 0 atom stereocenters. The van der Waals surface area contributed by atoms with E-state index in [2.05, 4.69) is 18.7 Å². The molecule has 0 radical (unpaired) electrons. The van der Waals surface area contributed by atoms with Gasteiger partial charge in [-0.2, -0.15) is 0 Å². The monoisotopic (exact) mass is 305 g/mol. The van der Waals surface area contributed by atoms with Crippen LogP contribution in [0.5, 0.6) is 0 Å². The van der Waals surface area contributed by atoms with Gasteiger partial charge in [-0.3, -0.25) is 14.9 Å². The van der Waals surface area contributed by atoms with Gasteiger partial charge in [0.15, 0.2) is 0 Å². The molecule has 1 aliphatic rings. The fourth-order valence-corrected chi connectivity index (χ4v) is 2.87. The highest BCUT2D eigenvalue weighted by Crippen LogP contribution is 2.21. The molecule has 0 saturated carbocycles. The summed E-state index contributed by atoms with van der Waals surface area (Å²) in [5.41, 5.74) is 1.08. The van der Waals surface area contributed by atoms with Crippen LogP contribution in [0.3, 0.4) is 0 Å². The Morgan fingerprint density at radius 3 is 2.14 bits per heavy atom. The van der Waals surface area contributed by atoms with Gasteiger partial charge in [0.1, 0.15) is 0 Å². The number of piperazine rings is 1. The second-order valence-corrected chi connectivity index (χ2v) is 5.60. The van der Waals surface area contributed by atoms with Gasteiger partial charge >= 0.3 is 0 Å². The van der Waals surface area contributed by atoms with Crippen LogP contribution >= 0.6 is 0 Å². The zero-order valence-electron chi connectivity index (χ0n) is 13.2. The van der Waals surface area contributed by atoms with Crippen LogP contribution in [-0.2, 0) is 4.79 Å². The van der Waals surface area contributed by atoms with E-state index in [1.165, 1.54) is 12.1 Å². The van der Waals surface area contributed by atoms with Crippen molar-refractivity contribution in [3.05, 3.63) is 34.4 Å². The van der Waals surface area contributed by atoms with E-state index in [9.17, 15) is 14.9 Å². The van der Waals surface area contributed by atoms with Gasteiger partial charge < -0.3 is 9.80 Å². The first-order chi connectivity index (χ1) is 10.6. The molecule has 0 aliphatic carbocycles. The maximum Gasteiger partial charge on any atom is 0.269 e. The minimum Gasteiger partial charge on any atom is -0.368 e. The quantitative estimate of drug-likeness (QED) is 0.619. The maximum absolute atomic E-state index is 12.4. The summed E-state index contributed by atoms with van der Waals surface area (Å²) in [5, 5.41) is 10.7. The lowest BCUT2D eigenvalue weighted by molar-refractivity contribution is -0.384. The van der Waals surface area contributed by atoms with Crippen molar-refractivity contribution in [3.63, 3.8) is 0 Å². The minimum absolute atomic E-state index is 0.103. The van der Waals surface area contributed by atoms with Gasteiger partial charge in [-0.1, -0.05) is 13.8 Å². The van der Waals surface area contributed by atoms with Crippen molar-refractivity contribution in [2.75, 3.05) is 31.1 Å². The average molecular weight is 305 g/mol. The average Bonchev–Trinajstić information content (AvgIpc) is 2.56. The van der Waals surface area contributed by atoms with Crippen molar-refractivity contribution >= 4 is 17.3 Å². The van der Waals surface area contributed by atoms with Gasteiger partial charge in [0, 0.05) is 49.9 Å². The van der Waals surface area contributed by atoms with Crippen LogP contribution < -0.4 is 4.90 Å². The first kappa shape index (κ1) is 16.3. The first-order valence-corrected chi connectivity index (χ1v) is 7.85. The lowest BCUT2D eigenvalue weighted by Crippen LogP contribution is -2.50. The zero-order chi connectivity index (χ0) is 16.1. The van der Waals surface area contributed by atoms with E-state index in [-0.39, 0.29) is 17.5 Å². The molecule has 0 N–H and O–H groups in total. The Morgan fingerprint density at radius 1 is 1.14 bits per heavy atom. The third-order valence-electron chi connectivity index (χ3n) is 4.35. The van der Waals surface area contributed by atoms with E-state index in [1.807, 2.05) is 4.90 Å². The summed E-state index contributed by atoms with van der Waals surface area (Å²) >= 11 is 0. The highest BCUT2D eigenvalue weighted by atomic mass is 16.6. The number of nitrogens with zero attached hydrogens (tertiary/aromatic N) is 3. The molecule has 1 aromatic rings. The molecular weight excluding hydrogens is 282 g/mol. The Kier molecular flexibility index (Phi) is 5.35. The van der Waals surface area contributed by atoms with E-state index < -0.39 is 4.92 Å². The van der Waals surface area contributed by atoms with Crippen molar-refractivity contribution in [3.8, 4) is 0 Å². The van der Waals surface area contributed by atoms with Gasteiger partial charge in [-0.15, -0.1) is 0 Å². The highest BCUT2D eigenvalue weighted by Gasteiger charge is 2.25. The Balaban J connectivity index is 1.94. The van der Waals surface area contributed by atoms with Crippen molar-refractivity contribution in [1.82, 2.24) is 4.90 Å².